The van der Waals surface area contributed by atoms with Gasteiger partial charge in [-0.3, -0.25) is 4.79 Å². The van der Waals surface area contributed by atoms with Crippen LogP contribution in [-0.2, 0) is 4.79 Å². The van der Waals surface area contributed by atoms with E-state index in [1.807, 2.05) is 52.1 Å². The zero-order chi connectivity index (χ0) is 25.8. The van der Waals surface area contributed by atoms with E-state index in [0.29, 0.717) is 23.1 Å². The van der Waals surface area contributed by atoms with Crippen LogP contribution in [0.4, 0.5) is 5.82 Å². The predicted molar refractivity (Wildman–Crippen MR) is 140 cm³/mol. The lowest BCUT2D eigenvalue weighted by Crippen LogP contribution is -2.42. The average molecular weight is 502 g/mol. The van der Waals surface area contributed by atoms with Crippen molar-refractivity contribution in [2.45, 2.75) is 46.1 Å². The van der Waals surface area contributed by atoms with Gasteiger partial charge in [-0.2, -0.15) is 0 Å². The topological polar surface area (TPSA) is 75.1 Å². The molecule has 7 nitrogen and oxygen atoms in total. The molecule has 8 heteroatoms. The van der Waals surface area contributed by atoms with Crippen molar-refractivity contribution in [2.24, 2.45) is 5.92 Å². The van der Waals surface area contributed by atoms with Gasteiger partial charge in [-0.15, -0.1) is 0 Å². The molecule has 190 valence electrons. The molecule has 2 heterocycles. The van der Waals surface area contributed by atoms with Crippen LogP contribution < -0.4 is 14.4 Å². The van der Waals surface area contributed by atoms with Gasteiger partial charge in [0.15, 0.2) is 11.5 Å². The lowest BCUT2D eigenvalue weighted by molar-refractivity contribution is -0.115. The van der Waals surface area contributed by atoms with Crippen LogP contribution in [0.3, 0.4) is 0 Å². The first-order valence-electron chi connectivity index (χ1n) is 11.9. The highest BCUT2D eigenvalue weighted by atomic mass is 35.5. The smallest absolute Gasteiger partial charge is 0.213 e. The van der Waals surface area contributed by atoms with E-state index >= 15 is 0 Å². The first kappa shape index (κ1) is 26.8. The maximum atomic E-state index is 11.6. The molecule has 1 fully saturated rings. The quantitative estimate of drug-likeness (QED) is 0.492. The molecule has 1 N–H and O–H groups in total. The number of benzene rings is 1. The summed E-state index contributed by atoms with van der Waals surface area (Å²) in [6.07, 6.45) is 6.16. The fourth-order valence-corrected chi connectivity index (χ4v) is 4.83. The number of carbonyl (C=O) groups excluding carboxylic acids is 1. The molecule has 0 unspecified atom stereocenters. The number of hydrogen-bond donors (Lipinski definition) is 1. The number of carbonyl (C=O) groups is 1. The van der Waals surface area contributed by atoms with Gasteiger partial charge >= 0.3 is 0 Å². The van der Waals surface area contributed by atoms with Gasteiger partial charge in [-0.1, -0.05) is 11.6 Å². The monoisotopic (exact) mass is 501 g/mol. The summed E-state index contributed by atoms with van der Waals surface area (Å²) in [5, 5.41) is 10.9. The van der Waals surface area contributed by atoms with Gasteiger partial charge in [0.05, 0.1) is 24.8 Å². The second kappa shape index (κ2) is 11.3. The van der Waals surface area contributed by atoms with E-state index in [9.17, 15) is 9.90 Å². The minimum atomic E-state index is -0.687. The van der Waals surface area contributed by atoms with Crippen molar-refractivity contribution in [2.75, 3.05) is 38.8 Å². The standard InChI is InChI=1S/C27H36ClN3O4/c1-7-30(17-32)16-22(21-14-25(35-6)24(34-5)12-18(21)2)19-13-23(28)26(29-15-19)31-10-8-20(9-11-31)27(3,4)33/h12-17,20,33H,7-11H2,1-6H3/b22-16-. The van der Waals surface area contributed by atoms with Crippen LogP contribution in [0, 0.1) is 12.8 Å². The average Bonchev–Trinajstić information content (AvgIpc) is 2.84. The number of rotatable bonds is 9. The Bertz CT molecular complexity index is 1070. The second-order valence-electron chi connectivity index (χ2n) is 9.45. The number of halogens is 1. The van der Waals surface area contributed by atoms with E-state index in [4.69, 9.17) is 26.1 Å². The molecule has 1 aliphatic rings. The maximum Gasteiger partial charge on any atom is 0.213 e. The Hall–Kier alpha value is -2.77. The van der Waals surface area contributed by atoms with E-state index in [0.717, 1.165) is 60.4 Å². The predicted octanol–water partition coefficient (Wildman–Crippen LogP) is 4.92. The zero-order valence-corrected chi connectivity index (χ0v) is 22.2. The zero-order valence-electron chi connectivity index (χ0n) is 21.5. The van der Waals surface area contributed by atoms with Crippen molar-refractivity contribution in [3.8, 4) is 11.5 Å². The molecule has 0 atom stereocenters. The summed E-state index contributed by atoms with van der Waals surface area (Å²) in [5.74, 6) is 2.22. The Balaban J connectivity index is 2.00. The highest BCUT2D eigenvalue weighted by molar-refractivity contribution is 6.33. The fourth-order valence-electron chi connectivity index (χ4n) is 4.54. The summed E-state index contributed by atoms with van der Waals surface area (Å²) in [6.45, 7) is 9.73. The van der Waals surface area contributed by atoms with Gasteiger partial charge in [0.2, 0.25) is 6.41 Å². The lowest BCUT2D eigenvalue weighted by Gasteiger charge is -2.38. The summed E-state index contributed by atoms with van der Waals surface area (Å²) < 4.78 is 11.0. The molecule has 1 aromatic carbocycles. The molecule has 35 heavy (non-hydrogen) atoms. The molecular formula is C27H36ClN3O4. The van der Waals surface area contributed by atoms with E-state index in [1.165, 1.54) is 0 Å². The molecule has 1 aromatic heterocycles. The van der Waals surface area contributed by atoms with Crippen LogP contribution in [0.1, 0.15) is 50.3 Å². The third kappa shape index (κ3) is 6.08. The third-order valence-electron chi connectivity index (χ3n) is 6.74. The van der Waals surface area contributed by atoms with Gasteiger partial charge in [0.25, 0.3) is 0 Å². The fraction of sp³-hybridized carbons (Fsp3) is 0.481. The van der Waals surface area contributed by atoms with E-state index in [-0.39, 0.29) is 5.92 Å². The number of aliphatic hydroxyl groups is 1. The normalized spacial score (nSPS) is 15.2. The molecule has 0 saturated carbocycles. The Morgan fingerprint density at radius 3 is 2.37 bits per heavy atom. The van der Waals surface area contributed by atoms with Crippen LogP contribution in [0.2, 0.25) is 5.02 Å². The Morgan fingerprint density at radius 1 is 1.23 bits per heavy atom. The number of ether oxygens (including phenoxy) is 2. The van der Waals surface area contributed by atoms with Crippen molar-refractivity contribution in [3.63, 3.8) is 0 Å². The van der Waals surface area contributed by atoms with Gasteiger partial charge in [0.1, 0.15) is 5.82 Å². The maximum absolute atomic E-state index is 11.6. The van der Waals surface area contributed by atoms with Crippen LogP contribution >= 0.6 is 11.6 Å². The van der Waals surface area contributed by atoms with Crippen molar-refractivity contribution in [3.05, 3.63) is 52.3 Å². The summed E-state index contributed by atoms with van der Waals surface area (Å²) >= 11 is 6.76. The van der Waals surface area contributed by atoms with Crippen molar-refractivity contribution >= 4 is 29.4 Å². The number of aromatic nitrogens is 1. The number of pyridine rings is 1. The second-order valence-corrected chi connectivity index (χ2v) is 9.85. The van der Waals surface area contributed by atoms with Crippen molar-refractivity contribution in [1.29, 1.82) is 0 Å². The minimum Gasteiger partial charge on any atom is -0.493 e. The van der Waals surface area contributed by atoms with Crippen LogP contribution in [0.25, 0.3) is 5.57 Å². The SMILES string of the molecule is CCN(C=O)/C=C(/c1cnc(N2CCC(C(C)(C)O)CC2)c(Cl)c1)c1cc(OC)c(OC)cc1C. The molecule has 3 rings (SSSR count). The Kier molecular flexibility index (Phi) is 8.67. The van der Waals surface area contributed by atoms with E-state index in [1.54, 1.807) is 25.3 Å². The van der Waals surface area contributed by atoms with Gasteiger partial charge in [0, 0.05) is 43.2 Å². The summed E-state index contributed by atoms with van der Waals surface area (Å²) in [5.41, 5.74) is 2.76. The number of amides is 1. The van der Waals surface area contributed by atoms with Gasteiger partial charge in [-0.05, 0) is 75.8 Å². The number of aryl methyl sites for hydroxylation is 1. The third-order valence-corrected chi connectivity index (χ3v) is 7.02. The molecule has 0 aliphatic carbocycles. The molecular weight excluding hydrogens is 466 g/mol. The van der Waals surface area contributed by atoms with E-state index in [2.05, 4.69) is 4.90 Å². The lowest BCUT2D eigenvalue weighted by atomic mass is 9.83. The highest BCUT2D eigenvalue weighted by Crippen LogP contribution is 2.38. The number of methoxy groups -OCH3 is 2. The molecule has 0 bridgehead atoms. The van der Waals surface area contributed by atoms with Gasteiger partial charge < -0.3 is 24.4 Å². The highest BCUT2D eigenvalue weighted by Gasteiger charge is 2.31. The number of piperidine rings is 1. The molecule has 1 saturated heterocycles. The first-order chi connectivity index (χ1) is 16.6. The summed E-state index contributed by atoms with van der Waals surface area (Å²) in [7, 11) is 3.20. The summed E-state index contributed by atoms with van der Waals surface area (Å²) in [4.78, 5) is 20.1. The van der Waals surface area contributed by atoms with Crippen LogP contribution in [-0.4, -0.2) is 60.9 Å². The van der Waals surface area contributed by atoms with Crippen molar-refractivity contribution < 1.29 is 19.4 Å². The first-order valence-corrected chi connectivity index (χ1v) is 12.3. The molecule has 1 aliphatic heterocycles. The van der Waals surface area contributed by atoms with Crippen LogP contribution in [0.5, 0.6) is 11.5 Å². The molecule has 0 spiro atoms. The minimum absolute atomic E-state index is 0.253. The number of anilines is 1. The summed E-state index contributed by atoms with van der Waals surface area (Å²) in [6, 6.07) is 5.71. The van der Waals surface area contributed by atoms with E-state index < -0.39 is 5.60 Å². The van der Waals surface area contributed by atoms with Gasteiger partial charge in [-0.25, -0.2) is 4.98 Å². The molecule has 2 aromatic rings. The van der Waals surface area contributed by atoms with Crippen LogP contribution in [0.15, 0.2) is 30.6 Å². The van der Waals surface area contributed by atoms with Crippen molar-refractivity contribution in [1.82, 2.24) is 9.88 Å². The molecule has 0 radical (unpaired) electrons. The number of hydrogen-bond acceptors (Lipinski definition) is 6. The molecule has 1 amide bonds. The number of nitrogens with zero attached hydrogens (tertiary/aromatic N) is 3. The largest absolute Gasteiger partial charge is 0.493 e. The Labute approximate surface area is 213 Å². The Morgan fingerprint density at radius 2 is 1.86 bits per heavy atom.